The van der Waals surface area contributed by atoms with Crippen LogP contribution in [0.2, 0.25) is 0 Å². The van der Waals surface area contributed by atoms with Gasteiger partial charge in [-0.2, -0.15) is 0 Å². The molecule has 1 aromatic heterocycles. The smallest absolute Gasteiger partial charge is 0.306 e. The fraction of sp³-hybridized carbons (Fsp3) is 0.600. The molecule has 1 rings (SSSR count). The molecule has 1 heterocycles. The maximum absolute atomic E-state index is 10.7. The molecule has 19 heavy (non-hydrogen) atoms. The third-order valence-electron chi connectivity index (χ3n) is 3.28. The molecular formula is C15H24N2O2. The summed E-state index contributed by atoms with van der Waals surface area (Å²) in [5.74, 6) is -0.945. The number of pyridine rings is 1. The van der Waals surface area contributed by atoms with E-state index in [4.69, 9.17) is 5.11 Å². The van der Waals surface area contributed by atoms with E-state index in [1.54, 1.807) is 6.92 Å². The van der Waals surface area contributed by atoms with E-state index in [0.29, 0.717) is 6.04 Å². The fourth-order valence-electron chi connectivity index (χ4n) is 1.96. The van der Waals surface area contributed by atoms with Crippen LogP contribution in [-0.2, 0) is 11.3 Å². The van der Waals surface area contributed by atoms with Gasteiger partial charge in [0.15, 0.2) is 0 Å². The molecule has 0 amide bonds. The number of hydrogen-bond acceptors (Lipinski definition) is 3. The van der Waals surface area contributed by atoms with Crippen LogP contribution in [0.15, 0.2) is 18.5 Å². The highest BCUT2D eigenvalue weighted by molar-refractivity contribution is 5.69. The van der Waals surface area contributed by atoms with E-state index in [9.17, 15) is 4.79 Å². The SMILES string of the molecule is Cc1cncc(CNC(C)CCCC(C)C(=O)O)c1. The molecule has 0 aliphatic heterocycles. The minimum atomic E-state index is -0.702. The van der Waals surface area contributed by atoms with Crippen molar-refractivity contribution in [2.45, 2.75) is 52.6 Å². The maximum atomic E-state index is 10.7. The number of carbonyl (C=O) groups is 1. The summed E-state index contributed by atoms with van der Waals surface area (Å²) in [6, 6.07) is 2.51. The van der Waals surface area contributed by atoms with Crippen LogP contribution < -0.4 is 5.32 Å². The van der Waals surface area contributed by atoms with E-state index in [0.717, 1.165) is 25.8 Å². The maximum Gasteiger partial charge on any atom is 0.306 e. The molecule has 106 valence electrons. The van der Waals surface area contributed by atoms with Gasteiger partial charge in [0.1, 0.15) is 0 Å². The highest BCUT2D eigenvalue weighted by Gasteiger charge is 2.11. The molecule has 0 aromatic carbocycles. The first-order chi connectivity index (χ1) is 8.99. The molecule has 2 atom stereocenters. The van der Waals surface area contributed by atoms with E-state index < -0.39 is 5.97 Å². The highest BCUT2D eigenvalue weighted by Crippen LogP contribution is 2.10. The molecule has 0 spiro atoms. The van der Waals surface area contributed by atoms with Crippen LogP contribution in [-0.4, -0.2) is 22.1 Å². The van der Waals surface area contributed by atoms with Crippen molar-refractivity contribution < 1.29 is 9.90 Å². The molecule has 1 aromatic rings. The van der Waals surface area contributed by atoms with Crippen LogP contribution in [0.5, 0.6) is 0 Å². The molecule has 0 aliphatic rings. The molecule has 0 saturated heterocycles. The normalized spacial score (nSPS) is 14.1. The zero-order valence-electron chi connectivity index (χ0n) is 12.0. The second-order valence-corrected chi connectivity index (χ2v) is 5.32. The average molecular weight is 264 g/mol. The third kappa shape index (κ3) is 6.34. The van der Waals surface area contributed by atoms with Crippen molar-refractivity contribution in [3.63, 3.8) is 0 Å². The molecule has 2 N–H and O–H groups in total. The largest absolute Gasteiger partial charge is 0.481 e. The Morgan fingerprint density at radius 2 is 2.11 bits per heavy atom. The van der Waals surface area contributed by atoms with Crippen LogP contribution in [0.3, 0.4) is 0 Å². The third-order valence-corrected chi connectivity index (χ3v) is 3.28. The van der Waals surface area contributed by atoms with Gasteiger partial charge in [0, 0.05) is 25.0 Å². The van der Waals surface area contributed by atoms with Gasteiger partial charge in [0.05, 0.1) is 5.92 Å². The standard InChI is InChI=1S/C15H24N2O2/c1-11-7-14(9-16-8-11)10-17-13(3)6-4-5-12(2)15(18)19/h7-9,12-13,17H,4-6,10H2,1-3H3,(H,18,19). The second-order valence-electron chi connectivity index (χ2n) is 5.32. The van der Waals surface area contributed by atoms with Gasteiger partial charge in [-0.25, -0.2) is 0 Å². The zero-order valence-corrected chi connectivity index (χ0v) is 12.0. The Morgan fingerprint density at radius 3 is 2.74 bits per heavy atom. The number of carboxylic acids is 1. The van der Waals surface area contributed by atoms with Gasteiger partial charge in [-0.15, -0.1) is 0 Å². The topological polar surface area (TPSA) is 62.2 Å². The number of nitrogens with zero attached hydrogens (tertiary/aromatic N) is 1. The molecule has 2 unspecified atom stereocenters. The first kappa shape index (κ1) is 15.6. The monoisotopic (exact) mass is 264 g/mol. The van der Waals surface area contributed by atoms with Gasteiger partial charge < -0.3 is 10.4 Å². The molecule has 0 saturated carbocycles. The van der Waals surface area contributed by atoms with E-state index in [2.05, 4.69) is 23.3 Å². The lowest BCUT2D eigenvalue weighted by molar-refractivity contribution is -0.141. The lowest BCUT2D eigenvalue weighted by Gasteiger charge is -2.14. The Bertz CT molecular complexity index is 407. The summed E-state index contributed by atoms with van der Waals surface area (Å²) in [5, 5.41) is 12.2. The Balaban J connectivity index is 2.21. The van der Waals surface area contributed by atoms with Gasteiger partial charge in [-0.05, 0) is 37.8 Å². The molecular weight excluding hydrogens is 240 g/mol. The number of nitrogens with one attached hydrogen (secondary N) is 1. The summed E-state index contributed by atoms with van der Waals surface area (Å²) >= 11 is 0. The summed E-state index contributed by atoms with van der Waals surface area (Å²) in [6.07, 6.45) is 6.40. The van der Waals surface area contributed by atoms with Crippen molar-refractivity contribution in [1.82, 2.24) is 10.3 Å². The quantitative estimate of drug-likeness (QED) is 0.758. The van der Waals surface area contributed by atoms with Crippen LogP contribution in [0.1, 0.15) is 44.2 Å². The number of rotatable bonds is 8. The van der Waals surface area contributed by atoms with E-state index >= 15 is 0 Å². The van der Waals surface area contributed by atoms with E-state index in [1.165, 1.54) is 11.1 Å². The minimum Gasteiger partial charge on any atom is -0.481 e. The Morgan fingerprint density at radius 1 is 1.37 bits per heavy atom. The van der Waals surface area contributed by atoms with Crippen molar-refractivity contribution >= 4 is 5.97 Å². The molecule has 0 fully saturated rings. The average Bonchev–Trinajstić information content (AvgIpc) is 2.36. The van der Waals surface area contributed by atoms with Crippen LogP contribution >= 0.6 is 0 Å². The molecule has 0 bridgehead atoms. The van der Waals surface area contributed by atoms with E-state index in [1.807, 2.05) is 19.3 Å². The second kappa shape index (κ2) is 7.89. The van der Waals surface area contributed by atoms with Gasteiger partial charge in [0.2, 0.25) is 0 Å². The lowest BCUT2D eigenvalue weighted by Crippen LogP contribution is -2.25. The molecule has 0 aliphatic carbocycles. The predicted molar refractivity (Wildman–Crippen MR) is 75.9 cm³/mol. The first-order valence-electron chi connectivity index (χ1n) is 6.85. The van der Waals surface area contributed by atoms with Crippen LogP contribution in [0.25, 0.3) is 0 Å². The summed E-state index contributed by atoms with van der Waals surface area (Å²) in [5.41, 5.74) is 2.35. The Kier molecular flexibility index (Phi) is 6.50. The number of carboxylic acid groups (broad SMARTS) is 1. The molecule has 0 radical (unpaired) electrons. The van der Waals surface area contributed by atoms with Gasteiger partial charge in [-0.3, -0.25) is 9.78 Å². The summed E-state index contributed by atoms with van der Waals surface area (Å²) in [6.45, 7) is 6.74. The summed E-state index contributed by atoms with van der Waals surface area (Å²) in [4.78, 5) is 14.9. The Labute approximate surface area is 115 Å². The minimum absolute atomic E-state index is 0.242. The van der Waals surface area contributed by atoms with Crippen LogP contribution in [0.4, 0.5) is 0 Å². The lowest BCUT2D eigenvalue weighted by atomic mass is 10.0. The fourth-order valence-corrected chi connectivity index (χ4v) is 1.96. The van der Waals surface area contributed by atoms with Gasteiger partial charge in [-0.1, -0.05) is 19.4 Å². The van der Waals surface area contributed by atoms with Crippen molar-refractivity contribution in [1.29, 1.82) is 0 Å². The predicted octanol–water partition coefficient (Wildman–Crippen LogP) is 2.76. The number of aromatic nitrogens is 1. The summed E-state index contributed by atoms with van der Waals surface area (Å²) < 4.78 is 0. The van der Waals surface area contributed by atoms with Crippen LogP contribution in [0, 0.1) is 12.8 Å². The van der Waals surface area contributed by atoms with Gasteiger partial charge in [0.25, 0.3) is 0 Å². The van der Waals surface area contributed by atoms with E-state index in [-0.39, 0.29) is 5.92 Å². The number of hydrogen-bond donors (Lipinski definition) is 2. The number of aryl methyl sites for hydroxylation is 1. The van der Waals surface area contributed by atoms with Crippen molar-refractivity contribution in [3.05, 3.63) is 29.6 Å². The molecule has 4 nitrogen and oxygen atoms in total. The van der Waals surface area contributed by atoms with Crippen molar-refractivity contribution in [2.24, 2.45) is 5.92 Å². The first-order valence-corrected chi connectivity index (χ1v) is 6.85. The Hall–Kier alpha value is -1.42. The van der Waals surface area contributed by atoms with Gasteiger partial charge >= 0.3 is 5.97 Å². The zero-order chi connectivity index (χ0) is 14.3. The highest BCUT2D eigenvalue weighted by atomic mass is 16.4. The summed E-state index contributed by atoms with van der Waals surface area (Å²) in [7, 11) is 0. The van der Waals surface area contributed by atoms with Crippen molar-refractivity contribution in [2.75, 3.05) is 0 Å². The van der Waals surface area contributed by atoms with Crippen molar-refractivity contribution in [3.8, 4) is 0 Å². The number of aliphatic carboxylic acids is 1. The molecule has 4 heteroatoms.